The van der Waals surface area contributed by atoms with E-state index in [2.05, 4.69) is 5.32 Å². The summed E-state index contributed by atoms with van der Waals surface area (Å²) in [7, 11) is 1.56. The van der Waals surface area contributed by atoms with Crippen LogP contribution >= 0.6 is 0 Å². The second-order valence-electron chi connectivity index (χ2n) is 5.78. The van der Waals surface area contributed by atoms with Crippen LogP contribution in [-0.4, -0.2) is 48.6 Å². The van der Waals surface area contributed by atoms with Gasteiger partial charge in [-0.2, -0.15) is 0 Å². The number of rotatable bonds is 6. The standard InChI is InChI=1S/C15H22N2O4/c1-17(14(20)12-5-4-8-21-12)9-13(19)16-10-15(11-18)6-2-3-7-15/h4-5,8,18H,2-3,6-7,9-11H2,1H3,(H,16,19). The van der Waals surface area contributed by atoms with Crippen LogP contribution in [0.25, 0.3) is 0 Å². The molecular weight excluding hydrogens is 272 g/mol. The second kappa shape index (κ2) is 6.76. The summed E-state index contributed by atoms with van der Waals surface area (Å²) in [6.07, 6.45) is 5.47. The molecule has 0 spiro atoms. The van der Waals surface area contributed by atoms with Gasteiger partial charge in [0, 0.05) is 19.0 Å². The largest absolute Gasteiger partial charge is 0.459 e. The minimum absolute atomic E-state index is 0.0267. The predicted octanol–water partition coefficient (Wildman–Crippen LogP) is 1.02. The number of aliphatic hydroxyl groups is 1. The first-order chi connectivity index (χ1) is 10.1. The Morgan fingerprint density at radius 3 is 2.71 bits per heavy atom. The van der Waals surface area contributed by atoms with Crippen LogP contribution in [0.5, 0.6) is 0 Å². The van der Waals surface area contributed by atoms with Gasteiger partial charge in [0.05, 0.1) is 19.4 Å². The van der Waals surface area contributed by atoms with E-state index in [9.17, 15) is 14.7 Å². The molecule has 2 rings (SSSR count). The van der Waals surface area contributed by atoms with E-state index in [0.717, 1.165) is 25.7 Å². The number of nitrogens with zero attached hydrogens (tertiary/aromatic N) is 1. The molecule has 1 fully saturated rings. The monoisotopic (exact) mass is 294 g/mol. The van der Waals surface area contributed by atoms with E-state index in [4.69, 9.17) is 4.42 Å². The van der Waals surface area contributed by atoms with E-state index in [0.29, 0.717) is 6.54 Å². The van der Waals surface area contributed by atoms with Crippen LogP contribution in [0.2, 0.25) is 0 Å². The molecule has 0 radical (unpaired) electrons. The molecule has 0 bridgehead atoms. The van der Waals surface area contributed by atoms with Crippen LogP contribution in [-0.2, 0) is 4.79 Å². The summed E-state index contributed by atoms with van der Waals surface area (Å²) in [6.45, 7) is 0.528. The van der Waals surface area contributed by atoms with Gasteiger partial charge in [0.2, 0.25) is 5.91 Å². The number of carbonyl (C=O) groups excluding carboxylic acids is 2. The summed E-state index contributed by atoms with van der Waals surface area (Å²) in [5.74, 6) is -0.335. The minimum atomic E-state index is -0.326. The first-order valence-corrected chi connectivity index (χ1v) is 7.23. The van der Waals surface area contributed by atoms with Crippen molar-refractivity contribution in [1.82, 2.24) is 10.2 Å². The van der Waals surface area contributed by atoms with E-state index in [1.165, 1.54) is 11.2 Å². The third-order valence-corrected chi connectivity index (χ3v) is 4.12. The molecule has 6 nitrogen and oxygen atoms in total. The molecular formula is C15H22N2O4. The lowest BCUT2D eigenvalue weighted by Gasteiger charge is -2.27. The SMILES string of the molecule is CN(CC(=O)NCC1(CO)CCCC1)C(=O)c1ccco1. The molecule has 1 aliphatic carbocycles. The number of nitrogens with one attached hydrogen (secondary N) is 1. The van der Waals surface area contributed by atoms with Gasteiger partial charge in [-0.1, -0.05) is 12.8 Å². The first kappa shape index (κ1) is 15.6. The molecule has 0 atom stereocenters. The van der Waals surface area contributed by atoms with E-state index < -0.39 is 0 Å². The van der Waals surface area contributed by atoms with Crippen molar-refractivity contribution < 1.29 is 19.1 Å². The highest BCUT2D eigenvalue weighted by Crippen LogP contribution is 2.36. The molecule has 0 saturated heterocycles. The third kappa shape index (κ3) is 3.85. The Morgan fingerprint density at radius 1 is 1.43 bits per heavy atom. The fourth-order valence-corrected chi connectivity index (χ4v) is 2.73. The van der Waals surface area contributed by atoms with Gasteiger partial charge in [-0.05, 0) is 25.0 Å². The van der Waals surface area contributed by atoms with E-state index in [-0.39, 0.29) is 36.1 Å². The maximum Gasteiger partial charge on any atom is 0.289 e. The number of hydrogen-bond donors (Lipinski definition) is 2. The lowest BCUT2D eigenvalue weighted by molar-refractivity contribution is -0.122. The third-order valence-electron chi connectivity index (χ3n) is 4.12. The van der Waals surface area contributed by atoms with Crippen LogP contribution in [0.15, 0.2) is 22.8 Å². The van der Waals surface area contributed by atoms with Crippen LogP contribution < -0.4 is 5.32 Å². The lowest BCUT2D eigenvalue weighted by Crippen LogP contribution is -2.43. The highest BCUT2D eigenvalue weighted by atomic mass is 16.3. The molecule has 0 aliphatic heterocycles. The van der Waals surface area contributed by atoms with Crippen molar-refractivity contribution in [2.24, 2.45) is 5.41 Å². The molecule has 6 heteroatoms. The lowest BCUT2D eigenvalue weighted by atomic mass is 9.87. The van der Waals surface area contributed by atoms with Gasteiger partial charge in [0.15, 0.2) is 5.76 Å². The minimum Gasteiger partial charge on any atom is -0.459 e. The summed E-state index contributed by atoms with van der Waals surface area (Å²) in [5, 5.41) is 12.3. The number of likely N-dealkylation sites (N-methyl/N-ethyl adjacent to an activating group) is 1. The smallest absolute Gasteiger partial charge is 0.289 e. The number of hydrogen-bond acceptors (Lipinski definition) is 4. The summed E-state index contributed by atoms with van der Waals surface area (Å²) in [5.41, 5.74) is -0.181. The highest BCUT2D eigenvalue weighted by molar-refractivity contribution is 5.94. The van der Waals surface area contributed by atoms with E-state index in [1.807, 2.05) is 0 Å². The van der Waals surface area contributed by atoms with Crippen molar-refractivity contribution in [2.75, 3.05) is 26.7 Å². The van der Waals surface area contributed by atoms with Gasteiger partial charge in [-0.25, -0.2) is 0 Å². The van der Waals surface area contributed by atoms with Crippen LogP contribution in [0, 0.1) is 5.41 Å². The molecule has 0 aromatic carbocycles. The van der Waals surface area contributed by atoms with Gasteiger partial charge in [-0.3, -0.25) is 9.59 Å². The van der Waals surface area contributed by atoms with Crippen molar-refractivity contribution in [3.63, 3.8) is 0 Å². The Kier molecular flexibility index (Phi) is 5.01. The average Bonchev–Trinajstić information content (AvgIpc) is 3.16. The van der Waals surface area contributed by atoms with Crippen molar-refractivity contribution in [3.8, 4) is 0 Å². The molecule has 1 aromatic heterocycles. The van der Waals surface area contributed by atoms with Crippen LogP contribution in [0.3, 0.4) is 0 Å². The molecule has 21 heavy (non-hydrogen) atoms. The van der Waals surface area contributed by atoms with Gasteiger partial charge < -0.3 is 19.7 Å². The zero-order valence-electron chi connectivity index (χ0n) is 12.3. The molecule has 1 heterocycles. The van der Waals surface area contributed by atoms with E-state index >= 15 is 0 Å². The summed E-state index contributed by atoms with van der Waals surface area (Å²) >= 11 is 0. The molecule has 2 amide bonds. The Hall–Kier alpha value is -1.82. The van der Waals surface area contributed by atoms with Crippen LogP contribution in [0.1, 0.15) is 36.2 Å². The van der Waals surface area contributed by atoms with Gasteiger partial charge in [-0.15, -0.1) is 0 Å². The van der Waals surface area contributed by atoms with Crippen LogP contribution in [0.4, 0.5) is 0 Å². The highest BCUT2D eigenvalue weighted by Gasteiger charge is 2.33. The number of amides is 2. The number of furan rings is 1. The Morgan fingerprint density at radius 2 is 2.14 bits per heavy atom. The van der Waals surface area contributed by atoms with Crippen molar-refractivity contribution in [1.29, 1.82) is 0 Å². The topological polar surface area (TPSA) is 82.8 Å². The molecule has 1 aliphatic rings. The predicted molar refractivity (Wildman–Crippen MR) is 76.7 cm³/mol. The second-order valence-corrected chi connectivity index (χ2v) is 5.78. The summed E-state index contributed by atoms with van der Waals surface area (Å²) in [4.78, 5) is 25.2. The van der Waals surface area contributed by atoms with Crippen molar-refractivity contribution >= 4 is 11.8 Å². The Bertz CT molecular complexity index is 478. The zero-order chi connectivity index (χ0) is 15.3. The van der Waals surface area contributed by atoms with Gasteiger partial charge in [0.25, 0.3) is 5.91 Å². The van der Waals surface area contributed by atoms with Gasteiger partial charge in [0.1, 0.15) is 0 Å². The molecule has 0 unspecified atom stereocenters. The molecule has 116 valence electrons. The maximum absolute atomic E-state index is 11.9. The zero-order valence-corrected chi connectivity index (χ0v) is 12.3. The van der Waals surface area contributed by atoms with Gasteiger partial charge >= 0.3 is 0 Å². The van der Waals surface area contributed by atoms with Crippen molar-refractivity contribution in [2.45, 2.75) is 25.7 Å². The average molecular weight is 294 g/mol. The summed E-state index contributed by atoms with van der Waals surface area (Å²) in [6, 6.07) is 3.20. The van der Waals surface area contributed by atoms with Crippen molar-refractivity contribution in [3.05, 3.63) is 24.2 Å². The fourth-order valence-electron chi connectivity index (χ4n) is 2.73. The summed E-state index contributed by atoms with van der Waals surface area (Å²) < 4.78 is 5.02. The molecule has 2 N–H and O–H groups in total. The maximum atomic E-state index is 11.9. The Balaban J connectivity index is 1.80. The van der Waals surface area contributed by atoms with E-state index in [1.54, 1.807) is 19.2 Å². The number of aliphatic hydroxyl groups excluding tert-OH is 1. The first-order valence-electron chi connectivity index (χ1n) is 7.23. The molecule has 1 aromatic rings. The quantitative estimate of drug-likeness (QED) is 0.820. The Labute approximate surface area is 124 Å². The molecule has 1 saturated carbocycles. The fraction of sp³-hybridized carbons (Fsp3) is 0.600. The normalized spacial score (nSPS) is 16.7. The number of carbonyl (C=O) groups is 2.